The highest BCUT2D eigenvalue weighted by molar-refractivity contribution is 5.35. The van der Waals surface area contributed by atoms with Gasteiger partial charge in [-0.25, -0.2) is 4.98 Å². The van der Waals surface area contributed by atoms with Crippen molar-refractivity contribution in [3.63, 3.8) is 0 Å². The largest absolute Gasteiger partial charge is 0.351 e. The predicted molar refractivity (Wildman–Crippen MR) is 68.3 cm³/mol. The molecule has 17 heavy (non-hydrogen) atoms. The maximum Gasteiger partial charge on any atom is 0.293 e. The van der Waals surface area contributed by atoms with Crippen molar-refractivity contribution in [3.8, 4) is 0 Å². The first-order valence-electron chi connectivity index (χ1n) is 6.30. The SMILES string of the molecule is CCCN(CCN)c1nccn(C2CC2)c1=O. The molecule has 0 bridgehead atoms. The monoisotopic (exact) mass is 236 g/mol. The molecule has 0 radical (unpaired) electrons. The second-order valence-electron chi connectivity index (χ2n) is 4.47. The molecular weight excluding hydrogens is 216 g/mol. The third-order valence-electron chi connectivity index (χ3n) is 2.98. The van der Waals surface area contributed by atoms with Crippen molar-refractivity contribution < 1.29 is 0 Å². The molecule has 0 unspecified atom stereocenters. The molecule has 2 rings (SSSR count). The average molecular weight is 236 g/mol. The second kappa shape index (κ2) is 5.31. The minimum Gasteiger partial charge on any atom is -0.351 e. The summed E-state index contributed by atoms with van der Waals surface area (Å²) in [5.41, 5.74) is 5.60. The molecule has 1 fully saturated rings. The Bertz CT molecular complexity index is 419. The quantitative estimate of drug-likeness (QED) is 0.791. The van der Waals surface area contributed by atoms with Crippen LogP contribution in [0.1, 0.15) is 32.2 Å². The van der Waals surface area contributed by atoms with Gasteiger partial charge in [0.15, 0.2) is 5.82 Å². The van der Waals surface area contributed by atoms with Crippen molar-refractivity contribution in [1.82, 2.24) is 9.55 Å². The zero-order valence-corrected chi connectivity index (χ0v) is 10.3. The molecule has 1 aromatic heterocycles. The summed E-state index contributed by atoms with van der Waals surface area (Å²) in [6.45, 7) is 4.14. The molecule has 0 aliphatic heterocycles. The maximum atomic E-state index is 12.3. The van der Waals surface area contributed by atoms with Gasteiger partial charge in [-0.2, -0.15) is 0 Å². The molecular formula is C12H20N4O. The number of nitrogens with zero attached hydrogens (tertiary/aromatic N) is 3. The summed E-state index contributed by atoms with van der Waals surface area (Å²) in [5.74, 6) is 0.548. The molecule has 0 amide bonds. The summed E-state index contributed by atoms with van der Waals surface area (Å²) in [6.07, 6.45) is 6.70. The van der Waals surface area contributed by atoms with E-state index in [1.165, 1.54) is 0 Å². The van der Waals surface area contributed by atoms with E-state index in [0.29, 0.717) is 24.9 Å². The van der Waals surface area contributed by atoms with Gasteiger partial charge in [-0.15, -0.1) is 0 Å². The van der Waals surface area contributed by atoms with Crippen molar-refractivity contribution in [2.45, 2.75) is 32.2 Å². The molecule has 1 aliphatic rings. The van der Waals surface area contributed by atoms with Crippen molar-refractivity contribution in [2.24, 2.45) is 5.73 Å². The highest BCUT2D eigenvalue weighted by Gasteiger charge is 2.26. The summed E-state index contributed by atoms with van der Waals surface area (Å²) >= 11 is 0. The Morgan fingerprint density at radius 2 is 2.29 bits per heavy atom. The normalized spacial score (nSPS) is 14.9. The van der Waals surface area contributed by atoms with E-state index in [1.54, 1.807) is 12.4 Å². The smallest absolute Gasteiger partial charge is 0.293 e. The van der Waals surface area contributed by atoms with Gasteiger partial charge in [0.1, 0.15) is 0 Å². The lowest BCUT2D eigenvalue weighted by molar-refractivity contribution is 0.676. The van der Waals surface area contributed by atoms with E-state index in [0.717, 1.165) is 25.8 Å². The van der Waals surface area contributed by atoms with Gasteiger partial charge in [0.2, 0.25) is 0 Å². The Hall–Kier alpha value is -1.36. The number of hydrogen-bond acceptors (Lipinski definition) is 4. The van der Waals surface area contributed by atoms with E-state index < -0.39 is 0 Å². The molecule has 1 aliphatic carbocycles. The second-order valence-corrected chi connectivity index (χ2v) is 4.47. The van der Waals surface area contributed by atoms with Crippen LogP contribution in [-0.4, -0.2) is 29.2 Å². The van der Waals surface area contributed by atoms with E-state index in [1.807, 2.05) is 9.47 Å². The van der Waals surface area contributed by atoms with Crippen molar-refractivity contribution in [1.29, 1.82) is 0 Å². The predicted octanol–water partition coefficient (Wildman–Crippen LogP) is 0.753. The lowest BCUT2D eigenvalue weighted by Crippen LogP contribution is -2.37. The molecule has 5 heteroatoms. The fourth-order valence-corrected chi connectivity index (χ4v) is 2.02. The lowest BCUT2D eigenvalue weighted by Gasteiger charge is -2.22. The van der Waals surface area contributed by atoms with Gasteiger partial charge in [-0.05, 0) is 19.3 Å². The van der Waals surface area contributed by atoms with Gasteiger partial charge in [-0.3, -0.25) is 4.79 Å². The van der Waals surface area contributed by atoms with Crippen LogP contribution in [0.5, 0.6) is 0 Å². The molecule has 1 aromatic rings. The summed E-state index contributed by atoms with van der Waals surface area (Å²) in [4.78, 5) is 18.5. The highest BCUT2D eigenvalue weighted by Crippen LogP contribution is 2.33. The Kier molecular flexibility index (Phi) is 3.78. The van der Waals surface area contributed by atoms with Crippen LogP contribution in [0.25, 0.3) is 0 Å². The first-order valence-corrected chi connectivity index (χ1v) is 6.30. The van der Waals surface area contributed by atoms with Crippen LogP contribution in [-0.2, 0) is 0 Å². The standard InChI is InChI=1S/C12H20N4O/c1-2-7-15(8-5-13)11-12(17)16(9-6-14-11)10-3-4-10/h6,9-10H,2-5,7-8,13H2,1H3. The third kappa shape index (κ3) is 2.66. The minimum atomic E-state index is 0.0249. The molecule has 5 nitrogen and oxygen atoms in total. The highest BCUT2D eigenvalue weighted by atomic mass is 16.1. The van der Waals surface area contributed by atoms with E-state index >= 15 is 0 Å². The van der Waals surface area contributed by atoms with E-state index in [-0.39, 0.29) is 5.56 Å². The van der Waals surface area contributed by atoms with E-state index in [4.69, 9.17) is 5.73 Å². The van der Waals surface area contributed by atoms with Gasteiger partial charge in [0.05, 0.1) is 0 Å². The van der Waals surface area contributed by atoms with Gasteiger partial charge in [-0.1, -0.05) is 6.92 Å². The van der Waals surface area contributed by atoms with Crippen molar-refractivity contribution in [2.75, 3.05) is 24.5 Å². The van der Waals surface area contributed by atoms with Crippen LogP contribution in [0, 0.1) is 0 Å². The van der Waals surface area contributed by atoms with Gasteiger partial charge >= 0.3 is 0 Å². The number of anilines is 1. The summed E-state index contributed by atoms with van der Waals surface area (Å²) < 4.78 is 1.81. The maximum absolute atomic E-state index is 12.3. The fraction of sp³-hybridized carbons (Fsp3) is 0.667. The zero-order valence-electron chi connectivity index (χ0n) is 10.3. The molecule has 94 valence electrons. The fourth-order valence-electron chi connectivity index (χ4n) is 2.02. The third-order valence-corrected chi connectivity index (χ3v) is 2.98. The summed E-state index contributed by atoms with van der Waals surface area (Å²) in [6, 6.07) is 0.394. The molecule has 0 spiro atoms. The van der Waals surface area contributed by atoms with Crippen LogP contribution in [0.15, 0.2) is 17.2 Å². The van der Waals surface area contributed by atoms with E-state index in [2.05, 4.69) is 11.9 Å². The summed E-state index contributed by atoms with van der Waals surface area (Å²) in [7, 11) is 0. The van der Waals surface area contributed by atoms with E-state index in [9.17, 15) is 4.79 Å². The van der Waals surface area contributed by atoms with Crippen LogP contribution >= 0.6 is 0 Å². The minimum absolute atomic E-state index is 0.0249. The number of rotatable bonds is 6. The zero-order chi connectivity index (χ0) is 12.3. The first kappa shape index (κ1) is 12.1. The number of aromatic nitrogens is 2. The Balaban J connectivity index is 2.28. The number of hydrogen-bond donors (Lipinski definition) is 1. The Labute approximate surface area is 101 Å². The summed E-state index contributed by atoms with van der Waals surface area (Å²) in [5, 5.41) is 0. The average Bonchev–Trinajstić information content (AvgIpc) is 3.13. The molecule has 0 atom stereocenters. The van der Waals surface area contributed by atoms with Crippen LogP contribution in [0.4, 0.5) is 5.82 Å². The molecule has 1 saturated carbocycles. The molecule has 1 heterocycles. The van der Waals surface area contributed by atoms with Crippen LogP contribution < -0.4 is 16.2 Å². The molecule has 2 N–H and O–H groups in total. The van der Waals surface area contributed by atoms with Gasteiger partial charge in [0, 0.05) is 38.1 Å². The van der Waals surface area contributed by atoms with Gasteiger partial charge < -0.3 is 15.2 Å². The molecule has 0 aromatic carbocycles. The van der Waals surface area contributed by atoms with Gasteiger partial charge in [0.25, 0.3) is 5.56 Å². The van der Waals surface area contributed by atoms with Crippen molar-refractivity contribution in [3.05, 3.63) is 22.7 Å². The molecule has 0 saturated heterocycles. The van der Waals surface area contributed by atoms with Crippen molar-refractivity contribution >= 4 is 5.82 Å². The first-order chi connectivity index (χ1) is 8.27. The Morgan fingerprint density at radius 3 is 2.88 bits per heavy atom. The van der Waals surface area contributed by atoms with Crippen LogP contribution in [0.3, 0.4) is 0 Å². The lowest BCUT2D eigenvalue weighted by atomic mass is 10.4. The number of nitrogens with two attached hydrogens (primary N) is 1. The van der Waals surface area contributed by atoms with Crippen LogP contribution in [0.2, 0.25) is 0 Å². The topological polar surface area (TPSA) is 64.2 Å². The Morgan fingerprint density at radius 1 is 1.53 bits per heavy atom.